The molecule has 112 valence electrons. The molecule has 0 saturated carbocycles. The molecule has 0 spiro atoms. The lowest BCUT2D eigenvalue weighted by Gasteiger charge is -2.08. The van der Waals surface area contributed by atoms with Crippen LogP contribution in [-0.4, -0.2) is 10.9 Å². The highest BCUT2D eigenvalue weighted by Crippen LogP contribution is 2.30. The Hall–Kier alpha value is -2.40. The van der Waals surface area contributed by atoms with Gasteiger partial charge in [-0.2, -0.15) is 0 Å². The monoisotopic (exact) mass is 312 g/mol. The summed E-state index contributed by atoms with van der Waals surface area (Å²) in [5, 5.41) is 2.91. The number of aryl methyl sites for hydroxylation is 3. The van der Waals surface area contributed by atoms with Crippen molar-refractivity contribution in [2.75, 3.05) is 5.32 Å². The van der Waals surface area contributed by atoms with E-state index in [9.17, 15) is 4.79 Å². The average Bonchev–Trinajstić information content (AvgIpc) is 3.11. The Morgan fingerprint density at radius 3 is 2.73 bits per heavy atom. The number of aromatic nitrogens is 1. The number of carbonyl (C=O) groups excluding carboxylic acids is 1. The third kappa shape index (κ3) is 2.80. The first-order chi connectivity index (χ1) is 10.5. The van der Waals surface area contributed by atoms with Gasteiger partial charge < -0.3 is 9.73 Å². The van der Waals surface area contributed by atoms with Crippen molar-refractivity contribution >= 4 is 22.9 Å². The Balaban J connectivity index is 1.90. The molecule has 1 N–H and O–H groups in total. The Bertz CT molecular complexity index is 833. The quantitative estimate of drug-likeness (QED) is 0.770. The van der Waals surface area contributed by atoms with Crippen molar-refractivity contribution in [1.82, 2.24) is 4.98 Å². The van der Waals surface area contributed by atoms with E-state index in [4.69, 9.17) is 4.42 Å². The molecule has 5 heteroatoms. The normalized spacial score (nSPS) is 10.7. The molecule has 3 aromatic rings. The summed E-state index contributed by atoms with van der Waals surface area (Å²) < 4.78 is 5.42. The molecule has 2 aromatic heterocycles. The van der Waals surface area contributed by atoms with E-state index in [1.54, 1.807) is 11.3 Å². The minimum atomic E-state index is -0.261. The first kappa shape index (κ1) is 14.5. The molecule has 0 atom stereocenters. The molecule has 0 saturated heterocycles. The van der Waals surface area contributed by atoms with Crippen LogP contribution in [0.5, 0.6) is 0 Å². The van der Waals surface area contributed by atoms with Crippen molar-refractivity contribution in [2.45, 2.75) is 20.8 Å². The minimum absolute atomic E-state index is 0.261. The van der Waals surface area contributed by atoms with Gasteiger partial charge in [-0.1, -0.05) is 12.1 Å². The summed E-state index contributed by atoms with van der Waals surface area (Å²) in [6, 6.07) is 9.88. The number of hydrogen-bond donors (Lipinski definition) is 1. The van der Waals surface area contributed by atoms with E-state index in [1.165, 1.54) is 6.39 Å². The molecule has 0 aliphatic heterocycles. The van der Waals surface area contributed by atoms with E-state index < -0.39 is 0 Å². The summed E-state index contributed by atoms with van der Waals surface area (Å²) in [6.45, 7) is 5.97. The number of oxazole rings is 1. The number of rotatable bonds is 3. The zero-order valence-corrected chi connectivity index (χ0v) is 13.5. The SMILES string of the molecule is Cc1ccc(C)c(NC(=O)c2ncoc2-c2ccc(C)s2)c1. The molecule has 0 unspecified atom stereocenters. The summed E-state index contributed by atoms with van der Waals surface area (Å²) in [6.07, 6.45) is 1.31. The van der Waals surface area contributed by atoms with Crippen LogP contribution in [0.3, 0.4) is 0 Å². The van der Waals surface area contributed by atoms with Gasteiger partial charge in [0.1, 0.15) is 0 Å². The number of carbonyl (C=O) groups is 1. The standard InChI is InChI=1S/C17H16N2O2S/c1-10-4-5-11(2)13(8-10)19-17(20)15-16(21-9-18-15)14-7-6-12(3)22-14/h4-9H,1-3H3,(H,19,20). The number of benzene rings is 1. The summed E-state index contributed by atoms with van der Waals surface area (Å²) in [5.74, 6) is 0.254. The molecule has 0 bridgehead atoms. The zero-order chi connectivity index (χ0) is 15.7. The minimum Gasteiger partial charge on any atom is -0.442 e. The maximum absolute atomic E-state index is 12.5. The fourth-order valence-electron chi connectivity index (χ4n) is 2.19. The maximum Gasteiger partial charge on any atom is 0.278 e. The fourth-order valence-corrected chi connectivity index (χ4v) is 3.05. The largest absolute Gasteiger partial charge is 0.442 e. The fraction of sp³-hybridized carbons (Fsp3) is 0.176. The highest BCUT2D eigenvalue weighted by Gasteiger charge is 2.20. The predicted octanol–water partition coefficient (Wildman–Crippen LogP) is 4.58. The average molecular weight is 312 g/mol. The topological polar surface area (TPSA) is 55.1 Å². The number of thiophene rings is 1. The van der Waals surface area contributed by atoms with Gasteiger partial charge in [0.2, 0.25) is 0 Å². The molecule has 3 rings (SSSR count). The van der Waals surface area contributed by atoms with Crippen molar-refractivity contribution < 1.29 is 9.21 Å². The Kier molecular flexibility index (Phi) is 3.81. The number of nitrogens with one attached hydrogen (secondary N) is 1. The molecule has 4 nitrogen and oxygen atoms in total. The molecule has 0 aliphatic carbocycles. The van der Waals surface area contributed by atoms with Crippen molar-refractivity contribution in [3.63, 3.8) is 0 Å². The van der Waals surface area contributed by atoms with Crippen molar-refractivity contribution in [3.05, 3.63) is 58.4 Å². The molecule has 2 heterocycles. The maximum atomic E-state index is 12.5. The number of hydrogen-bond acceptors (Lipinski definition) is 4. The van der Waals surface area contributed by atoms with Crippen LogP contribution < -0.4 is 5.32 Å². The highest BCUT2D eigenvalue weighted by molar-refractivity contribution is 7.15. The summed E-state index contributed by atoms with van der Waals surface area (Å²) in [4.78, 5) is 18.7. The van der Waals surface area contributed by atoms with Crippen LogP contribution in [0.1, 0.15) is 26.5 Å². The van der Waals surface area contributed by atoms with Crippen molar-refractivity contribution in [1.29, 1.82) is 0 Å². The Morgan fingerprint density at radius 1 is 1.18 bits per heavy atom. The van der Waals surface area contributed by atoms with Crippen molar-refractivity contribution in [2.24, 2.45) is 0 Å². The molecule has 0 fully saturated rings. The lowest BCUT2D eigenvalue weighted by atomic mass is 10.1. The van der Waals surface area contributed by atoms with Gasteiger partial charge in [-0.3, -0.25) is 4.79 Å². The van der Waals surface area contributed by atoms with Crippen LogP contribution in [0, 0.1) is 20.8 Å². The summed E-state index contributed by atoms with van der Waals surface area (Å²) in [5.41, 5.74) is 3.20. The van der Waals surface area contributed by atoms with E-state index in [-0.39, 0.29) is 5.91 Å². The van der Waals surface area contributed by atoms with Crippen LogP contribution in [0.25, 0.3) is 10.6 Å². The lowest BCUT2D eigenvalue weighted by Crippen LogP contribution is -2.14. The third-order valence-corrected chi connectivity index (χ3v) is 4.39. The van der Waals surface area contributed by atoms with Gasteiger partial charge in [0, 0.05) is 10.6 Å². The van der Waals surface area contributed by atoms with Gasteiger partial charge in [0.15, 0.2) is 17.8 Å². The van der Waals surface area contributed by atoms with Gasteiger partial charge in [0.05, 0.1) is 4.88 Å². The Morgan fingerprint density at radius 2 is 2.00 bits per heavy atom. The summed E-state index contributed by atoms with van der Waals surface area (Å²) >= 11 is 1.58. The molecular formula is C17H16N2O2S. The van der Waals surface area contributed by atoms with E-state index in [0.29, 0.717) is 11.5 Å². The Labute approximate surface area is 132 Å². The van der Waals surface area contributed by atoms with Gasteiger partial charge in [-0.15, -0.1) is 11.3 Å². The van der Waals surface area contributed by atoms with Crippen LogP contribution >= 0.6 is 11.3 Å². The molecule has 0 radical (unpaired) electrons. The molecule has 22 heavy (non-hydrogen) atoms. The van der Waals surface area contributed by atoms with Gasteiger partial charge in [-0.05, 0) is 50.1 Å². The third-order valence-electron chi connectivity index (χ3n) is 3.39. The number of anilines is 1. The van der Waals surface area contributed by atoms with Gasteiger partial charge in [0.25, 0.3) is 5.91 Å². The molecule has 1 amide bonds. The van der Waals surface area contributed by atoms with Crippen LogP contribution in [0.15, 0.2) is 41.1 Å². The summed E-state index contributed by atoms with van der Waals surface area (Å²) in [7, 11) is 0. The van der Waals surface area contributed by atoms with Crippen LogP contribution in [-0.2, 0) is 0 Å². The van der Waals surface area contributed by atoms with E-state index in [2.05, 4.69) is 10.3 Å². The lowest BCUT2D eigenvalue weighted by molar-refractivity contribution is 0.102. The predicted molar refractivity (Wildman–Crippen MR) is 88.4 cm³/mol. The second-order valence-electron chi connectivity index (χ2n) is 5.21. The van der Waals surface area contributed by atoms with Crippen LogP contribution in [0.4, 0.5) is 5.69 Å². The number of nitrogens with zero attached hydrogens (tertiary/aromatic N) is 1. The highest BCUT2D eigenvalue weighted by atomic mass is 32.1. The van der Waals surface area contributed by atoms with Crippen molar-refractivity contribution in [3.8, 4) is 10.6 Å². The van der Waals surface area contributed by atoms with E-state index in [0.717, 1.165) is 26.6 Å². The first-order valence-electron chi connectivity index (χ1n) is 6.93. The van der Waals surface area contributed by atoms with Crippen LogP contribution in [0.2, 0.25) is 0 Å². The van der Waals surface area contributed by atoms with E-state index in [1.807, 2.05) is 51.1 Å². The second kappa shape index (κ2) is 5.77. The smallest absolute Gasteiger partial charge is 0.278 e. The second-order valence-corrected chi connectivity index (χ2v) is 6.50. The molecular weight excluding hydrogens is 296 g/mol. The van der Waals surface area contributed by atoms with Gasteiger partial charge in [-0.25, -0.2) is 4.98 Å². The number of amides is 1. The molecule has 0 aliphatic rings. The molecule has 1 aromatic carbocycles. The first-order valence-corrected chi connectivity index (χ1v) is 7.75. The van der Waals surface area contributed by atoms with Gasteiger partial charge >= 0.3 is 0 Å². The van der Waals surface area contributed by atoms with E-state index >= 15 is 0 Å². The zero-order valence-electron chi connectivity index (χ0n) is 12.6.